The number of benzene rings is 1. The summed E-state index contributed by atoms with van der Waals surface area (Å²) in [6.07, 6.45) is 1.03. The van der Waals surface area contributed by atoms with Gasteiger partial charge in [0.25, 0.3) is 0 Å². The van der Waals surface area contributed by atoms with E-state index in [9.17, 15) is 4.79 Å². The summed E-state index contributed by atoms with van der Waals surface area (Å²) in [5, 5.41) is 8.93. The first-order valence-electron chi connectivity index (χ1n) is 5.87. The van der Waals surface area contributed by atoms with Gasteiger partial charge in [-0.1, -0.05) is 6.92 Å². The highest BCUT2D eigenvalue weighted by Gasteiger charge is 2.22. The Labute approximate surface area is 103 Å². The summed E-state index contributed by atoms with van der Waals surface area (Å²) in [4.78, 5) is 13.1. The molecule has 3 nitrogen and oxygen atoms in total. The van der Waals surface area contributed by atoms with E-state index in [1.54, 1.807) is 12.1 Å². The van der Waals surface area contributed by atoms with Gasteiger partial charge >= 0.3 is 5.97 Å². The van der Waals surface area contributed by atoms with E-state index in [0.29, 0.717) is 5.56 Å². The maximum Gasteiger partial charge on any atom is 0.335 e. The van der Waals surface area contributed by atoms with E-state index in [2.05, 4.69) is 25.7 Å². The van der Waals surface area contributed by atoms with Crippen molar-refractivity contribution in [1.29, 1.82) is 0 Å². The first-order valence-corrected chi connectivity index (χ1v) is 5.87. The summed E-state index contributed by atoms with van der Waals surface area (Å²) in [6, 6.07) is 5.27. The number of aromatic carboxylic acids is 1. The molecule has 0 saturated heterocycles. The molecular formula is C14H21NO2. The third-order valence-electron chi connectivity index (χ3n) is 3.58. The predicted molar refractivity (Wildman–Crippen MR) is 70.9 cm³/mol. The number of carbonyl (C=O) groups is 1. The Kier molecular flexibility index (Phi) is 3.81. The van der Waals surface area contributed by atoms with Gasteiger partial charge in [0.05, 0.1) is 5.56 Å². The molecule has 1 aromatic carbocycles. The predicted octanol–water partition coefficient (Wildman–Crippen LogP) is 3.32. The van der Waals surface area contributed by atoms with Crippen LogP contribution >= 0.6 is 0 Å². The maximum atomic E-state index is 10.9. The molecule has 0 aliphatic rings. The second-order valence-electron chi connectivity index (χ2n) is 5.03. The monoisotopic (exact) mass is 235 g/mol. The Hall–Kier alpha value is -1.51. The van der Waals surface area contributed by atoms with E-state index >= 15 is 0 Å². The van der Waals surface area contributed by atoms with Crippen LogP contribution < -0.4 is 4.90 Å². The molecule has 0 heterocycles. The largest absolute Gasteiger partial charge is 0.478 e. The zero-order valence-corrected chi connectivity index (χ0v) is 11.2. The Balaban J connectivity index is 3.12. The molecule has 0 saturated carbocycles. The van der Waals surface area contributed by atoms with Gasteiger partial charge in [-0.25, -0.2) is 4.79 Å². The minimum atomic E-state index is -0.878. The molecule has 0 radical (unpaired) electrons. The second kappa shape index (κ2) is 4.78. The molecule has 1 N–H and O–H groups in total. The van der Waals surface area contributed by atoms with Gasteiger partial charge in [0.1, 0.15) is 0 Å². The van der Waals surface area contributed by atoms with Crippen LogP contribution in [-0.4, -0.2) is 23.7 Å². The van der Waals surface area contributed by atoms with Crippen molar-refractivity contribution in [2.75, 3.05) is 11.9 Å². The van der Waals surface area contributed by atoms with Crippen LogP contribution in [0.5, 0.6) is 0 Å². The molecule has 0 aliphatic carbocycles. The van der Waals surface area contributed by atoms with E-state index in [0.717, 1.165) is 17.7 Å². The van der Waals surface area contributed by atoms with Crippen molar-refractivity contribution in [1.82, 2.24) is 0 Å². The van der Waals surface area contributed by atoms with Gasteiger partial charge in [-0.15, -0.1) is 0 Å². The van der Waals surface area contributed by atoms with Crippen LogP contribution in [0.2, 0.25) is 0 Å². The topological polar surface area (TPSA) is 40.5 Å². The molecule has 0 fully saturated rings. The average molecular weight is 235 g/mol. The van der Waals surface area contributed by atoms with Crippen LogP contribution in [0.25, 0.3) is 0 Å². The summed E-state index contributed by atoms with van der Waals surface area (Å²) in [5.74, 6) is -0.878. The van der Waals surface area contributed by atoms with Crippen LogP contribution in [-0.2, 0) is 0 Å². The van der Waals surface area contributed by atoms with Gasteiger partial charge in [-0.3, -0.25) is 0 Å². The van der Waals surface area contributed by atoms with Crippen LogP contribution in [0.3, 0.4) is 0 Å². The minimum absolute atomic E-state index is 0.0650. The average Bonchev–Trinajstić information content (AvgIpc) is 2.27. The van der Waals surface area contributed by atoms with Gasteiger partial charge in [0, 0.05) is 18.3 Å². The zero-order chi connectivity index (χ0) is 13.2. The highest BCUT2D eigenvalue weighted by Crippen LogP contribution is 2.28. The molecule has 0 spiro atoms. The van der Waals surface area contributed by atoms with E-state index in [1.807, 2.05) is 20.0 Å². The van der Waals surface area contributed by atoms with Gasteiger partial charge in [0.15, 0.2) is 0 Å². The lowest BCUT2D eigenvalue weighted by Crippen LogP contribution is -2.40. The molecule has 1 rings (SSSR count). The molecule has 3 heteroatoms. The van der Waals surface area contributed by atoms with Crippen LogP contribution in [0.4, 0.5) is 5.69 Å². The molecule has 0 aliphatic heterocycles. The summed E-state index contributed by atoms with van der Waals surface area (Å²) in [5.41, 5.74) is 2.49. The lowest BCUT2D eigenvalue weighted by Gasteiger charge is -2.37. The zero-order valence-electron chi connectivity index (χ0n) is 11.2. The van der Waals surface area contributed by atoms with Crippen LogP contribution in [0.1, 0.15) is 43.1 Å². The Morgan fingerprint density at radius 3 is 2.41 bits per heavy atom. The fourth-order valence-corrected chi connectivity index (χ4v) is 1.73. The quantitative estimate of drug-likeness (QED) is 0.870. The Bertz CT molecular complexity index is 424. The number of hydrogen-bond donors (Lipinski definition) is 1. The summed E-state index contributed by atoms with van der Waals surface area (Å²) in [6.45, 7) is 8.45. The fraction of sp³-hybridized carbons (Fsp3) is 0.500. The van der Waals surface area contributed by atoms with E-state index in [-0.39, 0.29) is 5.54 Å². The van der Waals surface area contributed by atoms with Crippen molar-refractivity contribution in [3.8, 4) is 0 Å². The third kappa shape index (κ3) is 2.78. The molecule has 0 unspecified atom stereocenters. The SMILES string of the molecule is CCC(C)(C)N(C)c1ccc(C(=O)O)cc1C. The summed E-state index contributed by atoms with van der Waals surface area (Å²) in [7, 11) is 2.05. The standard InChI is InChI=1S/C14H21NO2/c1-6-14(3,4)15(5)12-8-7-11(13(16)17)9-10(12)2/h7-9H,6H2,1-5H3,(H,16,17). The molecule has 1 aromatic rings. The molecule has 0 amide bonds. The summed E-state index contributed by atoms with van der Waals surface area (Å²) >= 11 is 0. The molecular weight excluding hydrogens is 214 g/mol. The lowest BCUT2D eigenvalue weighted by molar-refractivity contribution is 0.0697. The normalized spacial score (nSPS) is 11.4. The fourth-order valence-electron chi connectivity index (χ4n) is 1.73. The van der Waals surface area contributed by atoms with Crippen LogP contribution in [0, 0.1) is 6.92 Å². The van der Waals surface area contributed by atoms with Crippen molar-refractivity contribution in [2.24, 2.45) is 0 Å². The number of anilines is 1. The number of rotatable bonds is 4. The second-order valence-corrected chi connectivity index (χ2v) is 5.03. The molecule has 94 valence electrons. The first-order chi connectivity index (χ1) is 7.79. The first kappa shape index (κ1) is 13.6. The number of hydrogen-bond acceptors (Lipinski definition) is 2. The molecule has 0 bridgehead atoms. The molecule has 0 atom stereocenters. The number of nitrogens with zero attached hydrogens (tertiary/aromatic N) is 1. The van der Waals surface area contributed by atoms with Crippen molar-refractivity contribution < 1.29 is 9.90 Å². The van der Waals surface area contributed by atoms with Crippen molar-refractivity contribution in [3.05, 3.63) is 29.3 Å². The number of carboxylic acids is 1. The van der Waals surface area contributed by atoms with Crippen LogP contribution in [0.15, 0.2) is 18.2 Å². The van der Waals surface area contributed by atoms with E-state index < -0.39 is 5.97 Å². The maximum absolute atomic E-state index is 10.9. The minimum Gasteiger partial charge on any atom is -0.478 e. The number of aryl methyl sites for hydroxylation is 1. The van der Waals surface area contributed by atoms with Gasteiger partial charge < -0.3 is 10.0 Å². The molecule has 17 heavy (non-hydrogen) atoms. The number of carboxylic acid groups (broad SMARTS) is 1. The third-order valence-corrected chi connectivity index (χ3v) is 3.58. The van der Waals surface area contributed by atoms with Crippen molar-refractivity contribution in [3.63, 3.8) is 0 Å². The highest BCUT2D eigenvalue weighted by molar-refractivity contribution is 5.88. The van der Waals surface area contributed by atoms with E-state index in [1.165, 1.54) is 0 Å². The van der Waals surface area contributed by atoms with Gasteiger partial charge in [-0.05, 0) is 51.0 Å². The van der Waals surface area contributed by atoms with Gasteiger partial charge in [0.2, 0.25) is 0 Å². The smallest absolute Gasteiger partial charge is 0.335 e. The van der Waals surface area contributed by atoms with Gasteiger partial charge in [-0.2, -0.15) is 0 Å². The Morgan fingerprint density at radius 1 is 1.41 bits per heavy atom. The van der Waals surface area contributed by atoms with Crippen molar-refractivity contribution in [2.45, 2.75) is 39.7 Å². The lowest BCUT2D eigenvalue weighted by atomic mass is 9.97. The molecule has 0 aromatic heterocycles. The highest BCUT2D eigenvalue weighted by atomic mass is 16.4. The van der Waals surface area contributed by atoms with Crippen molar-refractivity contribution >= 4 is 11.7 Å². The van der Waals surface area contributed by atoms with E-state index in [4.69, 9.17) is 5.11 Å². The Morgan fingerprint density at radius 2 is 2.00 bits per heavy atom. The summed E-state index contributed by atoms with van der Waals surface area (Å²) < 4.78 is 0.